The van der Waals surface area contributed by atoms with Crippen molar-refractivity contribution < 1.29 is 0 Å². The Bertz CT molecular complexity index is 520. The Morgan fingerprint density at radius 2 is 2.36 bits per heavy atom. The fourth-order valence-corrected chi connectivity index (χ4v) is 1.53. The van der Waals surface area contributed by atoms with Gasteiger partial charge in [0.2, 0.25) is 0 Å². The van der Waals surface area contributed by atoms with Gasteiger partial charge in [0.25, 0.3) is 5.56 Å². The van der Waals surface area contributed by atoms with Gasteiger partial charge in [-0.3, -0.25) is 4.79 Å². The number of nitrogens with zero attached hydrogens (tertiary/aromatic N) is 3. The van der Waals surface area contributed by atoms with Crippen LogP contribution in [0.3, 0.4) is 0 Å². The van der Waals surface area contributed by atoms with Crippen LogP contribution in [0, 0.1) is 3.57 Å². The van der Waals surface area contributed by atoms with Crippen LogP contribution in [0.2, 0.25) is 5.02 Å². The van der Waals surface area contributed by atoms with Crippen LogP contribution in [0.1, 0.15) is 0 Å². The van der Waals surface area contributed by atoms with Crippen LogP contribution in [0.5, 0.6) is 0 Å². The van der Waals surface area contributed by atoms with Crippen molar-refractivity contribution in [2.75, 3.05) is 0 Å². The molecule has 2 aromatic heterocycles. The largest absolute Gasteiger partial charge is 0.312 e. The number of H-pyrrole nitrogens is 1. The molecule has 0 aromatic carbocycles. The van der Waals surface area contributed by atoms with E-state index in [-0.39, 0.29) is 10.6 Å². The van der Waals surface area contributed by atoms with Gasteiger partial charge in [-0.15, -0.1) is 0 Å². The zero-order valence-corrected chi connectivity index (χ0v) is 9.65. The molecule has 0 aliphatic rings. The van der Waals surface area contributed by atoms with Crippen molar-refractivity contribution >= 4 is 34.2 Å². The molecule has 7 heteroatoms. The highest BCUT2D eigenvalue weighted by atomic mass is 127. The fourth-order valence-electron chi connectivity index (χ4n) is 0.950. The second kappa shape index (κ2) is 3.70. The van der Waals surface area contributed by atoms with Gasteiger partial charge in [-0.1, -0.05) is 11.6 Å². The number of nitrogens with one attached hydrogen (secondary N) is 1. The van der Waals surface area contributed by atoms with E-state index in [1.54, 1.807) is 12.4 Å². The highest BCUT2D eigenvalue weighted by Crippen LogP contribution is 2.12. The van der Waals surface area contributed by atoms with E-state index in [2.05, 4.69) is 37.7 Å². The van der Waals surface area contributed by atoms with Gasteiger partial charge in [0.1, 0.15) is 0 Å². The summed E-state index contributed by atoms with van der Waals surface area (Å²) in [7, 11) is 0. The summed E-state index contributed by atoms with van der Waals surface area (Å²) in [4.78, 5) is 17.5. The van der Waals surface area contributed by atoms with Crippen LogP contribution in [0.4, 0.5) is 0 Å². The second-order valence-corrected chi connectivity index (χ2v) is 4.10. The Kier molecular flexibility index (Phi) is 2.55. The molecule has 0 aliphatic carbocycles. The topological polar surface area (TPSA) is 63.6 Å². The van der Waals surface area contributed by atoms with Gasteiger partial charge in [-0.05, 0) is 22.6 Å². The summed E-state index contributed by atoms with van der Waals surface area (Å²) in [5.74, 6) is 0.332. The van der Waals surface area contributed by atoms with E-state index in [1.807, 2.05) is 0 Å². The Balaban J connectivity index is 2.63. The monoisotopic (exact) mass is 322 g/mol. The van der Waals surface area contributed by atoms with Crippen molar-refractivity contribution in [2.45, 2.75) is 0 Å². The number of halogens is 2. The van der Waals surface area contributed by atoms with Crippen LogP contribution >= 0.6 is 34.2 Å². The molecule has 0 unspecified atom stereocenters. The zero-order valence-electron chi connectivity index (χ0n) is 6.74. The van der Waals surface area contributed by atoms with Crippen LogP contribution in [0.25, 0.3) is 5.82 Å². The number of hydrogen-bond acceptors (Lipinski definition) is 3. The Morgan fingerprint density at radius 3 is 3.00 bits per heavy atom. The van der Waals surface area contributed by atoms with Gasteiger partial charge in [0.15, 0.2) is 10.8 Å². The second-order valence-electron chi connectivity index (χ2n) is 2.47. The molecule has 0 amide bonds. The van der Waals surface area contributed by atoms with E-state index in [9.17, 15) is 4.79 Å². The molecule has 0 fully saturated rings. The molecular weight excluding hydrogens is 318 g/mol. The van der Waals surface area contributed by atoms with Crippen molar-refractivity contribution in [3.05, 3.63) is 37.7 Å². The average molecular weight is 322 g/mol. The Hall–Kier alpha value is -0.890. The lowest BCUT2D eigenvalue weighted by molar-refractivity contribution is 0.835. The molecule has 0 saturated carbocycles. The first kappa shape index (κ1) is 9.66. The van der Waals surface area contributed by atoms with Crippen molar-refractivity contribution in [3.63, 3.8) is 0 Å². The van der Waals surface area contributed by atoms with Gasteiger partial charge in [0.05, 0.1) is 16.1 Å². The first-order valence-corrected chi connectivity index (χ1v) is 5.08. The van der Waals surface area contributed by atoms with E-state index in [4.69, 9.17) is 11.6 Å². The van der Waals surface area contributed by atoms with Crippen LogP contribution < -0.4 is 5.56 Å². The minimum Gasteiger partial charge on any atom is -0.312 e. The lowest BCUT2D eigenvalue weighted by Gasteiger charge is -1.99. The summed E-state index contributed by atoms with van der Waals surface area (Å²) in [5, 5.41) is 4.03. The zero-order chi connectivity index (χ0) is 10.1. The third kappa shape index (κ3) is 1.67. The first-order valence-electron chi connectivity index (χ1n) is 3.62. The Morgan fingerprint density at radius 1 is 1.57 bits per heavy atom. The molecule has 0 spiro atoms. The molecule has 0 radical (unpaired) electrons. The molecule has 1 N–H and O–H groups in total. The summed E-state index contributed by atoms with van der Waals surface area (Å²) in [6.45, 7) is 0. The van der Waals surface area contributed by atoms with Crippen LogP contribution in [-0.2, 0) is 0 Å². The van der Waals surface area contributed by atoms with Crippen molar-refractivity contribution in [1.29, 1.82) is 0 Å². The third-order valence-electron chi connectivity index (χ3n) is 1.55. The quantitative estimate of drug-likeness (QED) is 0.803. The van der Waals surface area contributed by atoms with Gasteiger partial charge in [-0.25, -0.2) is 9.67 Å². The summed E-state index contributed by atoms with van der Waals surface area (Å²) < 4.78 is 2.40. The lowest BCUT2D eigenvalue weighted by Crippen LogP contribution is -2.11. The molecular formula is C7H4ClIN4O. The van der Waals surface area contributed by atoms with Crippen LogP contribution in [0.15, 0.2) is 23.5 Å². The molecule has 0 atom stereocenters. The van der Waals surface area contributed by atoms with E-state index in [0.717, 1.165) is 3.57 Å². The lowest BCUT2D eigenvalue weighted by atomic mass is 10.5. The van der Waals surface area contributed by atoms with E-state index < -0.39 is 0 Å². The molecule has 14 heavy (non-hydrogen) atoms. The maximum Gasteiger partial charge on any atom is 0.271 e. The van der Waals surface area contributed by atoms with Crippen molar-refractivity contribution in [1.82, 2.24) is 19.7 Å². The van der Waals surface area contributed by atoms with Crippen LogP contribution in [-0.4, -0.2) is 19.7 Å². The summed E-state index contributed by atoms with van der Waals surface area (Å²) in [6.07, 6.45) is 4.67. The van der Waals surface area contributed by atoms with Crippen molar-refractivity contribution in [3.8, 4) is 5.82 Å². The predicted molar refractivity (Wildman–Crippen MR) is 59.7 cm³/mol. The third-order valence-corrected chi connectivity index (χ3v) is 2.44. The molecule has 72 valence electrons. The summed E-state index contributed by atoms with van der Waals surface area (Å²) in [6, 6.07) is 0. The predicted octanol–water partition coefficient (Wildman–Crippen LogP) is 1.21. The molecule has 0 bridgehead atoms. The number of aromatic nitrogens is 4. The number of aromatic amines is 1. The highest BCUT2D eigenvalue weighted by Gasteiger charge is 2.08. The summed E-state index contributed by atoms with van der Waals surface area (Å²) >= 11 is 7.88. The number of hydrogen-bond donors (Lipinski definition) is 1. The maximum absolute atomic E-state index is 11.1. The minimum atomic E-state index is -0.373. The SMILES string of the molecule is O=c1[nH]cnc(-n2cc(I)cn2)c1Cl. The summed E-state index contributed by atoms with van der Waals surface area (Å²) in [5.41, 5.74) is -0.373. The fraction of sp³-hybridized carbons (Fsp3) is 0. The van der Waals surface area contributed by atoms with Gasteiger partial charge in [-0.2, -0.15) is 5.10 Å². The molecule has 2 heterocycles. The Labute approximate surface area is 97.3 Å². The molecule has 0 aliphatic heterocycles. The first-order chi connectivity index (χ1) is 6.68. The van der Waals surface area contributed by atoms with Gasteiger partial charge >= 0.3 is 0 Å². The van der Waals surface area contributed by atoms with E-state index in [1.165, 1.54) is 11.0 Å². The molecule has 2 rings (SSSR count). The normalized spacial score (nSPS) is 10.4. The highest BCUT2D eigenvalue weighted by molar-refractivity contribution is 14.1. The van der Waals surface area contributed by atoms with E-state index >= 15 is 0 Å². The maximum atomic E-state index is 11.1. The van der Waals surface area contributed by atoms with Gasteiger partial charge < -0.3 is 4.98 Å². The average Bonchev–Trinajstić information content (AvgIpc) is 2.57. The standard InChI is InChI=1S/C7H4ClIN4O/c8-5-6(10-3-11-7(5)14)13-2-4(9)1-12-13/h1-3H,(H,10,11,14). The minimum absolute atomic E-state index is 0.0343. The molecule has 0 saturated heterocycles. The molecule has 5 nitrogen and oxygen atoms in total. The number of rotatable bonds is 1. The van der Waals surface area contributed by atoms with Crippen molar-refractivity contribution in [2.24, 2.45) is 0 Å². The molecule has 2 aromatic rings. The van der Waals surface area contributed by atoms with E-state index in [0.29, 0.717) is 5.82 Å². The smallest absolute Gasteiger partial charge is 0.271 e. The van der Waals surface area contributed by atoms with Gasteiger partial charge in [0, 0.05) is 6.20 Å².